The van der Waals surface area contributed by atoms with E-state index in [9.17, 15) is 27.4 Å². The lowest BCUT2D eigenvalue weighted by Gasteiger charge is -2.25. The monoisotopic (exact) mass is 753 g/mol. The van der Waals surface area contributed by atoms with Gasteiger partial charge in [0.2, 0.25) is 11.6 Å². The van der Waals surface area contributed by atoms with Crippen molar-refractivity contribution in [1.29, 1.82) is 0 Å². The molecular formula is C37H45N4O9S2+. The van der Waals surface area contributed by atoms with Crippen LogP contribution >= 0.6 is 12.0 Å². The molecule has 0 aliphatic carbocycles. The Morgan fingerprint density at radius 2 is 1.71 bits per heavy atom. The molecule has 3 aliphatic rings. The van der Waals surface area contributed by atoms with Crippen LogP contribution in [0.1, 0.15) is 71.4 Å². The number of anilines is 1. The van der Waals surface area contributed by atoms with Crippen LogP contribution < -0.4 is 10.2 Å². The summed E-state index contributed by atoms with van der Waals surface area (Å²) in [5.41, 5.74) is 4.90. The number of carbonyl (C=O) groups excluding carboxylic acids is 3. The van der Waals surface area contributed by atoms with Gasteiger partial charge < -0.3 is 10.2 Å². The number of imide groups is 1. The zero-order chi connectivity index (χ0) is 37.8. The van der Waals surface area contributed by atoms with E-state index in [1.165, 1.54) is 18.2 Å². The highest BCUT2D eigenvalue weighted by molar-refractivity contribution is 7.94. The molecule has 3 heterocycles. The van der Waals surface area contributed by atoms with Gasteiger partial charge in [0.25, 0.3) is 21.9 Å². The summed E-state index contributed by atoms with van der Waals surface area (Å²) in [4.78, 5) is 39.7. The number of carbonyl (C=O) groups is 3. The van der Waals surface area contributed by atoms with Crippen LogP contribution in [0.3, 0.4) is 0 Å². The molecule has 0 radical (unpaired) electrons. The minimum Gasteiger partial charge on any atom is -0.354 e. The first-order valence-electron chi connectivity index (χ1n) is 17.1. The van der Waals surface area contributed by atoms with Gasteiger partial charge in [0.1, 0.15) is 6.54 Å². The molecule has 0 fully saturated rings. The smallest absolute Gasteiger partial charge is 0.294 e. The first-order chi connectivity index (χ1) is 24.6. The first kappa shape index (κ1) is 39.1. The molecule has 15 heteroatoms. The number of amides is 3. The van der Waals surface area contributed by atoms with Gasteiger partial charge in [-0.05, 0) is 75.6 Å². The number of allylic oxidation sites excluding steroid dienone is 4. The molecule has 278 valence electrons. The predicted octanol–water partition coefficient (Wildman–Crippen LogP) is 5.60. The second-order valence-corrected chi connectivity index (χ2v) is 16.0. The van der Waals surface area contributed by atoms with Gasteiger partial charge in [-0.25, -0.2) is 5.26 Å². The van der Waals surface area contributed by atoms with E-state index in [1.807, 2.05) is 45.0 Å². The summed E-state index contributed by atoms with van der Waals surface area (Å²) >= 11 is 0.900. The van der Waals surface area contributed by atoms with Crippen molar-refractivity contribution in [2.24, 2.45) is 0 Å². The molecule has 0 unspecified atom stereocenters. The molecular weight excluding hydrogens is 709 g/mol. The van der Waals surface area contributed by atoms with Gasteiger partial charge in [-0.2, -0.15) is 13.0 Å². The van der Waals surface area contributed by atoms with Gasteiger partial charge in [0.05, 0.1) is 22.4 Å². The van der Waals surface area contributed by atoms with E-state index in [4.69, 9.17) is 9.59 Å². The van der Waals surface area contributed by atoms with Crippen molar-refractivity contribution in [3.8, 4) is 0 Å². The molecule has 3 aliphatic heterocycles. The van der Waals surface area contributed by atoms with Crippen LogP contribution in [0, 0.1) is 0 Å². The molecule has 2 aromatic carbocycles. The fraction of sp³-hybridized carbons (Fsp3) is 0.405. The van der Waals surface area contributed by atoms with Crippen LogP contribution in [0.5, 0.6) is 0 Å². The molecule has 2 aromatic rings. The number of rotatable bonds is 16. The molecule has 0 saturated carbocycles. The van der Waals surface area contributed by atoms with Crippen molar-refractivity contribution in [3.63, 3.8) is 0 Å². The third-order valence-corrected chi connectivity index (χ3v) is 11.3. The number of fused-ring (bicyclic) bond motifs is 2. The van der Waals surface area contributed by atoms with Gasteiger partial charge in [-0.1, -0.05) is 25.0 Å². The largest absolute Gasteiger partial charge is 0.354 e. The van der Waals surface area contributed by atoms with Crippen LogP contribution in [-0.4, -0.2) is 77.3 Å². The second-order valence-electron chi connectivity index (χ2n) is 13.8. The van der Waals surface area contributed by atoms with Gasteiger partial charge in [0, 0.05) is 84.0 Å². The van der Waals surface area contributed by atoms with Crippen LogP contribution in [0.4, 0.5) is 11.4 Å². The third-order valence-electron chi connectivity index (χ3n) is 9.85. The number of likely N-dealkylation sites (N-methyl/N-ethyl adjacent to an activating group) is 1. The Balaban J connectivity index is 1.32. The average Bonchev–Trinajstić information content (AvgIpc) is 3.61. The Hall–Kier alpha value is -4.12. The number of benzene rings is 2. The first-order valence-corrected chi connectivity index (χ1v) is 19.3. The summed E-state index contributed by atoms with van der Waals surface area (Å²) in [5.74, 6) is -0.873. The van der Waals surface area contributed by atoms with E-state index in [-0.39, 0.29) is 35.7 Å². The van der Waals surface area contributed by atoms with E-state index in [2.05, 4.69) is 45.8 Å². The van der Waals surface area contributed by atoms with Gasteiger partial charge in [-0.3, -0.25) is 23.8 Å². The lowest BCUT2D eigenvalue weighted by Crippen LogP contribution is -2.38. The number of hydrogen-bond donors (Lipinski definition) is 3. The van der Waals surface area contributed by atoms with Crippen molar-refractivity contribution in [2.75, 3.05) is 31.1 Å². The van der Waals surface area contributed by atoms with Crippen molar-refractivity contribution < 1.29 is 46.6 Å². The normalized spacial score (nSPS) is 18.3. The molecule has 0 spiro atoms. The van der Waals surface area contributed by atoms with Gasteiger partial charge in [-0.15, -0.1) is 4.33 Å². The van der Waals surface area contributed by atoms with E-state index in [1.54, 1.807) is 12.1 Å². The van der Waals surface area contributed by atoms with Crippen molar-refractivity contribution in [2.45, 2.75) is 80.9 Å². The summed E-state index contributed by atoms with van der Waals surface area (Å²) < 4.78 is 40.6. The lowest BCUT2D eigenvalue weighted by atomic mass is 9.81. The fourth-order valence-electron chi connectivity index (χ4n) is 7.17. The lowest BCUT2D eigenvalue weighted by molar-refractivity contribution is -0.438. The second kappa shape index (κ2) is 15.9. The van der Waals surface area contributed by atoms with E-state index in [0.717, 1.165) is 68.6 Å². The van der Waals surface area contributed by atoms with Crippen LogP contribution in [0.15, 0.2) is 82.3 Å². The van der Waals surface area contributed by atoms with Crippen LogP contribution in [0.2, 0.25) is 0 Å². The highest BCUT2D eigenvalue weighted by Crippen LogP contribution is 2.48. The van der Waals surface area contributed by atoms with Crippen molar-refractivity contribution in [3.05, 3.63) is 83.6 Å². The third kappa shape index (κ3) is 8.09. The molecule has 5 rings (SSSR count). The molecule has 3 amide bonds. The highest BCUT2D eigenvalue weighted by Gasteiger charge is 2.45. The molecule has 0 aromatic heterocycles. The van der Waals surface area contributed by atoms with E-state index in [0.29, 0.717) is 25.9 Å². The zero-order valence-corrected chi connectivity index (χ0v) is 31.6. The molecule has 0 bridgehead atoms. The number of nitrogens with one attached hydrogen (secondary N) is 1. The maximum atomic E-state index is 12.4. The Bertz CT molecular complexity index is 1970. The van der Waals surface area contributed by atoms with E-state index < -0.39 is 20.9 Å². The molecule has 3 N–H and O–H groups in total. The number of nitrogens with zero attached hydrogens (tertiary/aromatic N) is 3. The number of hydrogen-bond acceptors (Lipinski definition) is 10. The molecule has 0 atom stereocenters. The quantitative estimate of drug-likeness (QED) is 0.0372. The Morgan fingerprint density at radius 3 is 2.38 bits per heavy atom. The van der Waals surface area contributed by atoms with E-state index >= 15 is 0 Å². The maximum absolute atomic E-state index is 12.4. The standard InChI is InChI=1S/C37H44N4O9S2/c1-6-39-29-17-15-26(52(46,47)48)24-28(29)37(4,5)31(39)11-10-12-32-36(2,3)27-23-25(51-50-49-45)14-16-30(27)40(32)21-9-7-8-13-33(42)38-20-22-41-34(43)18-19-35(41)44/h10-12,14-19,23-24H,6-9,13,20-22H2,1-5H3,(H2-,38,42,45,46,47,48)/p+1. The van der Waals surface area contributed by atoms with Gasteiger partial charge in [0.15, 0.2) is 5.71 Å². The maximum Gasteiger partial charge on any atom is 0.294 e. The van der Waals surface area contributed by atoms with Crippen molar-refractivity contribution in [1.82, 2.24) is 10.2 Å². The Labute approximate surface area is 308 Å². The minimum atomic E-state index is -4.36. The Morgan fingerprint density at radius 1 is 0.981 bits per heavy atom. The van der Waals surface area contributed by atoms with Crippen LogP contribution in [0.25, 0.3) is 0 Å². The summed E-state index contributed by atoms with van der Waals surface area (Å²) in [6, 6.07) is 10.6. The summed E-state index contributed by atoms with van der Waals surface area (Å²) in [7, 11) is -4.36. The molecule has 13 nitrogen and oxygen atoms in total. The van der Waals surface area contributed by atoms with Crippen LogP contribution in [-0.2, 0) is 44.7 Å². The zero-order valence-electron chi connectivity index (χ0n) is 29.9. The summed E-state index contributed by atoms with van der Waals surface area (Å²) in [6.45, 7) is 12.1. The Kier molecular flexibility index (Phi) is 11.9. The molecule has 52 heavy (non-hydrogen) atoms. The van der Waals surface area contributed by atoms with Crippen molar-refractivity contribution >= 4 is 57.0 Å². The average molecular weight is 754 g/mol. The highest BCUT2D eigenvalue weighted by atomic mass is 32.2. The fourth-order valence-corrected chi connectivity index (χ4v) is 8.07. The van der Waals surface area contributed by atoms with Gasteiger partial charge >= 0.3 is 0 Å². The predicted molar refractivity (Wildman–Crippen MR) is 197 cm³/mol. The SMILES string of the molecule is CCN1/C(=C/C=C/C2=[N+](CCCCCC(=O)NCCN3C(=O)C=CC3=O)c3ccc(SOOO)cc3C2(C)C)C(C)(C)c2cc(S(=O)(=O)O)ccc21. The minimum absolute atomic E-state index is 0.130. The summed E-state index contributed by atoms with van der Waals surface area (Å²) in [6.07, 6.45) is 11.2. The topological polar surface area (TPSA) is 166 Å². The summed E-state index contributed by atoms with van der Waals surface area (Å²) in [5, 5.41) is 15.3. The number of unbranched alkanes of at least 4 members (excludes halogenated alkanes) is 2. The molecule has 0 saturated heterocycles.